The molecule has 38 heavy (non-hydrogen) atoms. The minimum atomic E-state index is -0.379. The highest BCUT2D eigenvalue weighted by molar-refractivity contribution is 7.15. The highest BCUT2D eigenvalue weighted by atomic mass is 35.5. The molecule has 1 aliphatic carbocycles. The predicted molar refractivity (Wildman–Crippen MR) is 151 cm³/mol. The maximum Gasteiger partial charge on any atom is 0.338 e. The predicted octanol–water partition coefficient (Wildman–Crippen LogP) is 7.38. The average molecular weight is 546 g/mol. The molecule has 2 aromatic heterocycles. The molecule has 1 N–H and O–H groups in total. The molecule has 0 spiro atoms. The van der Waals surface area contributed by atoms with Gasteiger partial charge in [0.1, 0.15) is 5.00 Å². The lowest BCUT2D eigenvalue weighted by atomic mass is 9.95. The van der Waals surface area contributed by atoms with E-state index in [4.69, 9.17) is 16.3 Å². The van der Waals surface area contributed by atoms with Crippen molar-refractivity contribution < 1.29 is 14.3 Å². The average Bonchev–Trinajstić information content (AvgIpc) is 3.52. The van der Waals surface area contributed by atoms with Gasteiger partial charge in [-0.15, -0.1) is 11.3 Å². The smallest absolute Gasteiger partial charge is 0.338 e. The summed E-state index contributed by atoms with van der Waals surface area (Å²) >= 11 is 8.09. The van der Waals surface area contributed by atoms with Gasteiger partial charge in [0.25, 0.3) is 0 Å². The summed E-state index contributed by atoms with van der Waals surface area (Å²) < 4.78 is 7.34. The van der Waals surface area contributed by atoms with Crippen molar-refractivity contribution in [1.29, 1.82) is 0 Å². The molecule has 0 unspecified atom stereocenters. The van der Waals surface area contributed by atoms with E-state index in [9.17, 15) is 9.59 Å². The summed E-state index contributed by atoms with van der Waals surface area (Å²) in [4.78, 5) is 29.4. The van der Waals surface area contributed by atoms with Crippen molar-refractivity contribution in [3.63, 3.8) is 0 Å². The zero-order valence-electron chi connectivity index (χ0n) is 21.1. The van der Waals surface area contributed by atoms with Crippen molar-refractivity contribution in [3.05, 3.63) is 105 Å². The summed E-state index contributed by atoms with van der Waals surface area (Å²) in [6, 6.07) is 18.2. The van der Waals surface area contributed by atoms with Gasteiger partial charge in [0, 0.05) is 27.3 Å². The number of amides is 2. The number of hydrogen-bond donors (Lipinski definition) is 1. The maximum absolute atomic E-state index is 14.0. The molecule has 2 aromatic carbocycles. The van der Waals surface area contributed by atoms with Crippen molar-refractivity contribution >= 4 is 40.6 Å². The van der Waals surface area contributed by atoms with Gasteiger partial charge >= 0.3 is 12.0 Å². The first kappa shape index (κ1) is 24.8. The van der Waals surface area contributed by atoms with Crippen LogP contribution in [0.5, 0.6) is 0 Å². The maximum atomic E-state index is 14.0. The van der Waals surface area contributed by atoms with Crippen molar-refractivity contribution in [2.75, 3.05) is 11.9 Å². The zero-order valence-corrected chi connectivity index (χ0v) is 22.6. The standard InChI is InChI=1S/C30H28ClN3O3S/c1-2-37-29(35)20-11-15-22(16-12-20)32-30(36)34-18-24-23-6-3-4-8-26(23)38-28(24)33-17-5-7-25(33)27(34)19-9-13-21(31)14-10-19/h5,7,9-17,27H,2-4,6,8,18H2,1H3,(H,32,36)/t27-/m0/s1. The molecule has 6 rings (SSSR count). The first-order chi connectivity index (χ1) is 18.5. The number of fused-ring (bicyclic) bond motifs is 5. The summed E-state index contributed by atoms with van der Waals surface area (Å²) in [5, 5.41) is 4.95. The molecule has 0 saturated heterocycles. The Morgan fingerprint density at radius 3 is 2.55 bits per heavy atom. The number of carbonyl (C=O) groups is 2. The number of hydrogen-bond acceptors (Lipinski definition) is 4. The fraction of sp³-hybridized carbons (Fsp3) is 0.267. The van der Waals surface area contributed by atoms with Gasteiger partial charge in [0.2, 0.25) is 0 Å². The molecule has 4 aromatic rings. The van der Waals surface area contributed by atoms with Crippen LogP contribution in [0.25, 0.3) is 5.00 Å². The van der Waals surface area contributed by atoms with E-state index in [0.717, 1.165) is 24.1 Å². The van der Waals surface area contributed by atoms with E-state index in [0.29, 0.717) is 29.4 Å². The monoisotopic (exact) mass is 545 g/mol. The van der Waals surface area contributed by atoms with Crippen LogP contribution in [0.4, 0.5) is 10.5 Å². The van der Waals surface area contributed by atoms with Gasteiger partial charge in [-0.1, -0.05) is 23.7 Å². The van der Waals surface area contributed by atoms with Gasteiger partial charge < -0.3 is 19.5 Å². The highest BCUT2D eigenvalue weighted by Crippen LogP contribution is 2.44. The molecule has 0 fully saturated rings. The number of nitrogens with one attached hydrogen (secondary N) is 1. The minimum absolute atomic E-state index is 0.204. The Morgan fingerprint density at radius 2 is 1.79 bits per heavy atom. The van der Waals surface area contributed by atoms with Crippen LogP contribution in [-0.4, -0.2) is 28.1 Å². The minimum Gasteiger partial charge on any atom is -0.462 e. The molecule has 1 atom stereocenters. The van der Waals surface area contributed by atoms with Gasteiger partial charge in [-0.3, -0.25) is 0 Å². The molecule has 0 radical (unpaired) electrons. The Labute approximate surface area is 230 Å². The zero-order chi connectivity index (χ0) is 26.2. The molecular formula is C30H28ClN3O3S. The van der Waals surface area contributed by atoms with Crippen LogP contribution in [0.1, 0.15) is 63.4 Å². The summed E-state index contributed by atoms with van der Waals surface area (Å²) in [7, 11) is 0. The number of thiophene rings is 1. The quantitative estimate of drug-likeness (QED) is 0.272. The molecule has 6 nitrogen and oxygen atoms in total. The second-order valence-corrected chi connectivity index (χ2v) is 11.1. The molecule has 3 heterocycles. The van der Waals surface area contributed by atoms with Crippen LogP contribution in [0.15, 0.2) is 66.9 Å². The number of esters is 1. The molecule has 194 valence electrons. The van der Waals surface area contributed by atoms with Crippen molar-refractivity contribution in [2.45, 2.75) is 45.2 Å². The van der Waals surface area contributed by atoms with E-state index < -0.39 is 0 Å². The first-order valence-electron chi connectivity index (χ1n) is 12.9. The number of benzene rings is 2. The van der Waals surface area contributed by atoms with Crippen molar-refractivity contribution in [2.24, 2.45) is 0 Å². The molecule has 2 amide bonds. The van der Waals surface area contributed by atoms with Crippen molar-refractivity contribution in [1.82, 2.24) is 9.47 Å². The fourth-order valence-corrected chi connectivity index (χ4v) is 7.01. The number of nitrogens with zero attached hydrogens (tertiary/aromatic N) is 2. The van der Waals surface area contributed by atoms with E-state index in [1.807, 2.05) is 40.5 Å². The number of aromatic nitrogens is 1. The Kier molecular flexibility index (Phi) is 6.72. The molecule has 0 saturated carbocycles. The SMILES string of the molecule is CCOC(=O)c1ccc(NC(=O)N2Cc3c(sc4c3CCCC4)-n3cccc3[C@@H]2c2ccc(Cl)cc2)cc1. The van der Waals surface area contributed by atoms with E-state index in [1.54, 1.807) is 31.2 Å². The van der Waals surface area contributed by atoms with E-state index in [-0.39, 0.29) is 18.0 Å². The largest absolute Gasteiger partial charge is 0.462 e. The number of urea groups is 1. The number of rotatable bonds is 4. The Hall–Kier alpha value is -3.55. The number of aryl methyl sites for hydroxylation is 1. The normalized spacial score (nSPS) is 16.2. The van der Waals surface area contributed by atoms with Gasteiger partial charge in [-0.05, 0) is 92.3 Å². The molecule has 8 heteroatoms. The van der Waals surface area contributed by atoms with E-state index in [2.05, 4.69) is 28.2 Å². The fourth-order valence-electron chi connectivity index (χ4n) is 5.48. The van der Waals surface area contributed by atoms with Crippen LogP contribution in [-0.2, 0) is 24.1 Å². The third-order valence-electron chi connectivity index (χ3n) is 7.27. The Bertz CT molecular complexity index is 1490. The Balaban J connectivity index is 1.40. The second kappa shape index (κ2) is 10.3. The summed E-state index contributed by atoms with van der Waals surface area (Å²) in [5.41, 5.74) is 5.75. The lowest BCUT2D eigenvalue weighted by Gasteiger charge is -2.31. The van der Waals surface area contributed by atoms with Crippen LogP contribution in [0.3, 0.4) is 0 Å². The van der Waals surface area contributed by atoms with Crippen LogP contribution < -0.4 is 5.32 Å². The van der Waals surface area contributed by atoms with Gasteiger partial charge in [0.05, 0.1) is 30.5 Å². The number of ether oxygens (including phenoxy) is 1. The third-order valence-corrected chi connectivity index (χ3v) is 8.86. The highest BCUT2D eigenvalue weighted by Gasteiger charge is 2.36. The van der Waals surface area contributed by atoms with Crippen LogP contribution in [0, 0.1) is 0 Å². The van der Waals surface area contributed by atoms with E-state index in [1.165, 1.54) is 33.8 Å². The molecule has 1 aliphatic heterocycles. The van der Waals surface area contributed by atoms with Crippen LogP contribution in [0.2, 0.25) is 5.02 Å². The summed E-state index contributed by atoms with van der Waals surface area (Å²) in [6.07, 6.45) is 6.64. The second-order valence-electron chi connectivity index (χ2n) is 9.61. The number of anilines is 1. The molecule has 2 aliphatic rings. The van der Waals surface area contributed by atoms with Crippen molar-refractivity contribution in [3.8, 4) is 5.00 Å². The van der Waals surface area contributed by atoms with Crippen LogP contribution >= 0.6 is 22.9 Å². The summed E-state index contributed by atoms with van der Waals surface area (Å²) in [5.74, 6) is -0.379. The topological polar surface area (TPSA) is 63.6 Å². The Morgan fingerprint density at radius 1 is 1.03 bits per heavy atom. The number of halogens is 1. The lowest BCUT2D eigenvalue weighted by Crippen LogP contribution is -2.38. The van der Waals surface area contributed by atoms with Gasteiger partial charge in [-0.2, -0.15) is 0 Å². The lowest BCUT2D eigenvalue weighted by molar-refractivity contribution is 0.0526. The van der Waals surface area contributed by atoms with Gasteiger partial charge in [-0.25, -0.2) is 9.59 Å². The van der Waals surface area contributed by atoms with Gasteiger partial charge in [0.15, 0.2) is 0 Å². The number of carbonyl (C=O) groups excluding carboxylic acids is 2. The first-order valence-corrected chi connectivity index (χ1v) is 14.1. The molecular weight excluding hydrogens is 518 g/mol. The summed E-state index contributed by atoms with van der Waals surface area (Å²) in [6.45, 7) is 2.59. The molecule has 0 bridgehead atoms. The van der Waals surface area contributed by atoms with E-state index >= 15 is 0 Å². The third kappa shape index (κ3) is 4.50.